The lowest BCUT2D eigenvalue weighted by molar-refractivity contribution is -0.172. The van der Waals surface area contributed by atoms with E-state index in [2.05, 4.69) is 11.7 Å². The molecule has 0 bridgehead atoms. The van der Waals surface area contributed by atoms with Crippen LogP contribution in [0.3, 0.4) is 0 Å². The number of rotatable bonds is 13. The summed E-state index contributed by atoms with van der Waals surface area (Å²) in [6.07, 6.45) is 5.13. The summed E-state index contributed by atoms with van der Waals surface area (Å²) in [5.41, 5.74) is 0. The Morgan fingerprint density at radius 2 is 1.45 bits per heavy atom. The molecule has 0 aromatic rings. The highest BCUT2D eigenvalue weighted by Crippen LogP contribution is 2.14. The molecule has 0 aliphatic carbocycles. The summed E-state index contributed by atoms with van der Waals surface area (Å²) in [7, 11) is -1.05. The van der Waals surface area contributed by atoms with Gasteiger partial charge in [-0.05, 0) is 6.42 Å². The molecule has 6 heteroatoms. The van der Waals surface area contributed by atoms with E-state index in [1.807, 2.05) is 0 Å². The number of alkyl halides is 3. The summed E-state index contributed by atoms with van der Waals surface area (Å²) in [6, 6.07) is 0. The van der Waals surface area contributed by atoms with Crippen molar-refractivity contribution in [1.29, 1.82) is 0 Å². The van der Waals surface area contributed by atoms with Crippen molar-refractivity contribution in [3.63, 3.8) is 0 Å². The molecule has 0 fully saturated rings. The third-order valence-electron chi connectivity index (χ3n) is 2.95. The first kappa shape index (κ1) is 19.9. The summed E-state index contributed by atoms with van der Waals surface area (Å²) < 4.78 is 51.3. The molecule has 1 atom stereocenters. The van der Waals surface area contributed by atoms with Gasteiger partial charge in [-0.1, -0.05) is 51.9 Å². The van der Waals surface area contributed by atoms with Gasteiger partial charge in [0.25, 0.3) is 0 Å². The average Bonchev–Trinajstić information content (AvgIpc) is 2.37. The van der Waals surface area contributed by atoms with E-state index in [1.165, 1.54) is 32.1 Å². The first-order valence-corrected chi connectivity index (χ1v) is 8.94. The SMILES string of the molecule is CCCCCCCCCCS(=O)CCOCC(F)(F)F. The second-order valence-electron chi connectivity index (χ2n) is 4.99. The van der Waals surface area contributed by atoms with Crippen LogP contribution in [0.15, 0.2) is 0 Å². The molecular weight excluding hydrogens is 289 g/mol. The lowest BCUT2D eigenvalue weighted by Gasteiger charge is -2.07. The normalized spacial score (nSPS) is 13.6. The molecular formula is C14H27F3O2S. The fourth-order valence-electron chi connectivity index (χ4n) is 1.84. The van der Waals surface area contributed by atoms with Crippen LogP contribution in [0.5, 0.6) is 0 Å². The molecule has 0 aliphatic heterocycles. The van der Waals surface area contributed by atoms with E-state index in [4.69, 9.17) is 0 Å². The van der Waals surface area contributed by atoms with Gasteiger partial charge in [-0.25, -0.2) is 0 Å². The van der Waals surface area contributed by atoms with Crippen molar-refractivity contribution >= 4 is 10.8 Å². The molecule has 1 unspecified atom stereocenters. The van der Waals surface area contributed by atoms with Crippen molar-refractivity contribution in [2.45, 2.75) is 64.5 Å². The van der Waals surface area contributed by atoms with Crippen molar-refractivity contribution in [2.75, 3.05) is 24.7 Å². The maximum absolute atomic E-state index is 11.8. The van der Waals surface area contributed by atoms with E-state index in [-0.39, 0.29) is 12.4 Å². The molecule has 122 valence electrons. The van der Waals surface area contributed by atoms with Crippen LogP contribution in [-0.2, 0) is 15.5 Å². The Balaban J connectivity index is 3.25. The minimum Gasteiger partial charge on any atom is -0.371 e. The Morgan fingerprint density at radius 3 is 2.00 bits per heavy atom. The molecule has 0 N–H and O–H groups in total. The van der Waals surface area contributed by atoms with Crippen LogP contribution in [0.1, 0.15) is 58.3 Å². The fourth-order valence-corrected chi connectivity index (χ4v) is 2.87. The molecule has 0 spiro atoms. The van der Waals surface area contributed by atoms with E-state index in [9.17, 15) is 17.4 Å². The number of hydrogen-bond acceptors (Lipinski definition) is 2. The highest BCUT2D eigenvalue weighted by atomic mass is 32.2. The number of unbranched alkanes of at least 4 members (excludes halogenated alkanes) is 7. The molecule has 0 aromatic heterocycles. The van der Waals surface area contributed by atoms with Crippen LogP contribution >= 0.6 is 0 Å². The molecule has 0 aromatic carbocycles. The van der Waals surface area contributed by atoms with Crippen molar-refractivity contribution in [1.82, 2.24) is 0 Å². The number of ether oxygens (including phenoxy) is 1. The van der Waals surface area contributed by atoms with Crippen LogP contribution in [0, 0.1) is 0 Å². The minimum atomic E-state index is -4.29. The smallest absolute Gasteiger partial charge is 0.371 e. The predicted octanol–water partition coefficient (Wildman–Crippen LogP) is 4.45. The van der Waals surface area contributed by atoms with E-state index in [0.29, 0.717) is 5.75 Å². The molecule has 0 amide bonds. The topological polar surface area (TPSA) is 26.3 Å². The van der Waals surface area contributed by atoms with Gasteiger partial charge in [0.2, 0.25) is 0 Å². The van der Waals surface area contributed by atoms with Crippen molar-refractivity contribution in [2.24, 2.45) is 0 Å². The molecule has 0 saturated carbocycles. The van der Waals surface area contributed by atoms with Gasteiger partial charge in [0.05, 0.1) is 6.61 Å². The molecule has 0 radical (unpaired) electrons. The number of hydrogen-bond donors (Lipinski definition) is 0. The molecule has 2 nitrogen and oxygen atoms in total. The van der Waals surface area contributed by atoms with Crippen molar-refractivity contribution in [3.05, 3.63) is 0 Å². The van der Waals surface area contributed by atoms with Crippen LogP contribution in [0.25, 0.3) is 0 Å². The van der Waals surface area contributed by atoms with Crippen LogP contribution in [0.4, 0.5) is 13.2 Å². The lowest BCUT2D eigenvalue weighted by atomic mass is 10.1. The minimum absolute atomic E-state index is 0.0802. The van der Waals surface area contributed by atoms with E-state index >= 15 is 0 Å². The lowest BCUT2D eigenvalue weighted by Crippen LogP contribution is -2.19. The van der Waals surface area contributed by atoms with Gasteiger partial charge in [0.1, 0.15) is 6.61 Å². The number of halogens is 3. The average molecular weight is 316 g/mol. The van der Waals surface area contributed by atoms with E-state index in [1.54, 1.807) is 0 Å². The van der Waals surface area contributed by atoms with Crippen LogP contribution in [-0.4, -0.2) is 35.1 Å². The van der Waals surface area contributed by atoms with Gasteiger partial charge < -0.3 is 4.74 Å². The first-order chi connectivity index (χ1) is 9.45. The summed E-state index contributed by atoms with van der Waals surface area (Å²) in [6.45, 7) is 0.860. The first-order valence-electron chi connectivity index (χ1n) is 7.45. The Labute approximate surface area is 122 Å². The van der Waals surface area contributed by atoms with Crippen LogP contribution < -0.4 is 0 Å². The standard InChI is InChI=1S/C14H27F3O2S/c1-2-3-4-5-6-7-8-9-11-20(18)12-10-19-13-14(15,16)17/h2-13H2,1H3. The Kier molecular flexibility index (Phi) is 12.6. The monoisotopic (exact) mass is 316 g/mol. The van der Waals surface area contributed by atoms with Gasteiger partial charge in [-0.15, -0.1) is 0 Å². The zero-order valence-corrected chi connectivity index (χ0v) is 13.2. The summed E-state index contributed by atoms with van der Waals surface area (Å²) in [4.78, 5) is 0. The summed E-state index contributed by atoms with van der Waals surface area (Å²) >= 11 is 0. The molecule has 0 saturated heterocycles. The highest BCUT2D eigenvalue weighted by molar-refractivity contribution is 7.84. The molecule has 20 heavy (non-hydrogen) atoms. The Morgan fingerprint density at radius 1 is 0.900 bits per heavy atom. The maximum atomic E-state index is 11.8. The van der Waals surface area contributed by atoms with Crippen molar-refractivity contribution < 1.29 is 22.1 Å². The zero-order valence-electron chi connectivity index (χ0n) is 12.3. The van der Waals surface area contributed by atoms with Gasteiger partial charge in [0.15, 0.2) is 0 Å². The molecule has 0 rings (SSSR count). The van der Waals surface area contributed by atoms with Crippen LogP contribution in [0.2, 0.25) is 0 Å². The molecule has 0 heterocycles. The Hall–Kier alpha value is -0.100. The summed E-state index contributed by atoms with van der Waals surface area (Å²) in [5, 5.41) is 0. The maximum Gasteiger partial charge on any atom is 0.411 e. The van der Waals surface area contributed by atoms with Gasteiger partial charge in [0, 0.05) is 22.3 Å². The van der Waals surface area contributed by atoms with Gasteiger partial charge in [-0.2, -0.15) is 13.2 Å². The molecule has 0 aliphatic rings. The third kappa shape index (κ3) is 16.0. The highest BCUT2D eigenvalue weighted by Gasteiger charge is 2.27. The van der Waals surface area contributed by atoms with Gasteiger partial charge >= 0.3 is 6.18 Å². The second-order valence-corrected chi connectivity index (χ2v) is 6.69. The second kappa shape index (κ2) is 12.6. The summed E-state index contributed by atoms with van der Waals surface area (Å²) in [5.74, 6) is 0.775. The quantitative estimate of drug-likeness (QED) is 0.469. The fraction of sp³-hybridized carbons (Fsp3) is 1.00. The van der Waals surface area contributed by atoms with Crippen molar-refractivity contribution in [3.8, 4) is 0 Å². The predicted molar refractivity (Wildman–Crippen MR) is 77.4 cm³/mol. The van der Waals surface area contributed by atoms with Gasteiger partial charge in [-0.3, -0.25) is 4.21 Å². The van der Waals surface area contributed by atoms with E-state index in [0.717, 1.165) is 19.3 Å². The Bertz CT molecular complexity index is 245. The largest absolute Gasteiger partial charge is 0.411 e. The third-order valence-corrected chi connectivity index (χ3v) is 4.31. The zero-order chi connectivity index (χ0) is 15.3. The van der Waals surface area contributed by atoms with E-state index < -0.39 is 23.6 Å².